The van der Waals surface area contributed by atoms with Gasteiger partial charge in [-0.05, 0) is 18.4 Å². The topological polar surface area (TPSA) is 106 Å². The van der Waals surface area contributed by atoms with E-state index in [1.807, 2.05) is 18.9 Å². The molecule has 2 aromatic heterocycles. The highest BCUT2D eigenvalue weighted by Crippen LogP contribution is 2.25. The van der Waals surface area contributed by atoms with Crippen molar-refractivity contribution in [2.75, 3.05) is 36.7 Å². The van der Waals surface area contributed by atoms with Gasteiger partial charge in [-0.25, -0.2) is 15.0 Å². The first kappa shape index (κ1) is 19.7. The molecule has 2 heterocycles. The van der Waals surface area contributed by atoms with Crippen LogP contribution in [0.1, 0.15) is 29.9 Å². The van der Waals surface area contributed by atoms with Crippen LogP contribution in [-0.4, -0.2) is 41.6 Å². The van der Waals surface area contributed by atoms with Crippen LogP contribution in [0, 0.1) is 12.8 Å². The highest BCUT2D eigenvalue weighted by molar-refractivity contribution is 6.32. The zero-order chi connectivity index (χ0) is 19.4. The summed E-state index contributed by atoms with van der Waals surface area (Å²) in [5, 5.41) is 2.84. The maximum Gasteiger partial charge on any atom is 0.278 e. The van der Waals surface area contributed by atoms with Crippen LogP contribution >= 0.6 is 11.6 Å². The summed E-state index contributed by atoms with van der Waals surface area (Å²) >= 11 is 6.22. The fraction of sp³-hybridized carbons (Fsp3) is 0.412. The number of aromatic nitrogens is 3. The number of methoxy groups -OCH3 is 1. The van der Waals surface area contributed by atoms with Gasteiger partial charge in [0.25, 0.3) is 5.91 Å². The number of nitrogen functional groups attached to an aromatic ring is 1. The lowest BCUT2D eigenvalue weighted by molar-refractivity contribution is 0.102. The summed E-state index contributed by atoms with van der Waals surface area (Å²) in [6.07, 6.45) is 1.50. The molecule has 0 fully saturated rings. The molecule has 2 rings (SSSR count). The molecule has 1 amide bonds. The van der Waals surface area contributed by atoms with Gasteiger partial charge in [0.05, 0.1) is 19.0 Å². The predicted octanol–water partition coefficient (Wildman–Crippen LogP) is 2.77. The van der Waals surface area contributed by atoms with Crippen LogP contribution in [0.5, 0.6) is 5.88 Å². The van der Waals surface area contributed by atoms with Crippen molar-refractivity contribution in [1.82, 2.24) is 15.0 Å². The van der Waals surface area contributed by atoms with Crippen molar-refractivity contribution in [3.05, 3.63) is 28.7 Å². The average molecular weight is 379 g/mol. The van der Waals surface area contributed by atoms with E-state index in [-0.39, 0.29) is 16.7 Å². The molecule has 140 valence electrons. The van der Waals surface area contributed by atoms with Crippen molar-refractivity contribution in [3.63, 3.8) is 0 Å². The number of anilines is 3. The Kier molecular flexibility index (Phi) is 6.20. The molecule has 0 aliphatic rings. The standard InChI is InChI=1S/C17H23ClN6O2/c1-9(2)8-24(4)16-14(18)22-13(15(19)23-16)17(25)21-11-7-20-12(26-5)6-10(11)3/h6-7,9H,8H2,1-5H3,(H2,19,23)(H,21,25). The lowest BCUT2D eigenvalue weighted by Crippen LogP contribution is -2.26. The lowest BCUT2D eigenvalue weighted by Gasteiger charge is -2.21. The van der Waals surface area contributed by atoms with Gasteiger partial charge in [-0.3, -0.25) is 4.79 Å². The highest BCUT2D eigenvalue weighted by Gasteiger charge is 2.20. The fourth-order valence-corrected chi connectivity index (χ4v) is 2.69. The number of rotatable bonds is 6. The van der Waals surface area contributed by atoms with Crippen molar-refractivity contribution < 1.29 is 9.53 Å². The van der Waals surface area contributed by atoms with Crippen molar-refractivity contribution in [2.45, 2.75) is 20.8 Å². The minimum Gasteiger partial charge on any atom is -0.481 e. The minimum absolute atomic E-state index is 0.0108. The second kappa shape index (κ2) is 8.18. The summed E-state index contributed by atoms with van der Waals surface area (Å²) in [7, 11) is 3.37. The number of amides is 1. The summed E-state index contributed by atoms with van der Waals surface area (Å²) in [6.45, 7) is 6.71. The van der Waals surface area contributed by atoms with Crippen molar-refractivity contribution >= 4 is 34.8 Å². The van der Waals surface area contributed by atoms with E-state index in [0.717, 1.165) is 12.1 Å². The Bertz CT molecular complexity index is 812. The maximum absolute atomic E-state index is 12.5. The van der Waals surface area contributed by atoms with E-state index in [4.69, 9.17) is 22.1 Å². The van der Waals surface area contributed by atoms with Crippen molar-refractivity contribution in [1.29, 1.82) is 0 Å². The van der Waals surface area contributed by atoms with Gasteiger partial charge in [-0.2, -0.15) is 0 Å². The molecule has 0 unspecified atom stereocenters. The fourth-order valence-electron chi connectivity index (χ4n) is 2.42. The van der Waals surface area contributed by atoms with Gasteiger partial charge >= 0.3 is 0 Å². The number of hydrogen-bond acceptors (Lipinski definition) is 7. The van der Waals surface area contributed by atoms with Gasteiger partial charge in [-0.1, -0.05) is 25.4 Å². The van der Waals surface area contributed by atoms with Gasteiger partial charge in [0, 0.05) is 19.7 Å². The lowest BCUT2D eigenvalue weighted by atomic mass is 10.2. The number of nitrogens with zero attached hydrogens (tertiary/aromatic N) is 4. The molecular formula is C17H23ClN6O2. The number of hydrogen-bond donors (Lipinski definition) is 2. The third-order valence-corrected chi connectivity index (χ3v) is 3.88. The first-order valence-electron chi connectivity index (χ1n) is 8.09. The average Bonchev–Trinajstić information content (AvgIpc) is 2.57. The number of pyridine rings is 1. The third kappa shape index (κ3) is 4.51. The molecule has 0 spiro atoms. The summed E-state index contributed by atoms with van der Waals surface area (Å²) in [6, 6.07) is 1.71. The number of ether oxygens (including phenoxy) is 1. The normalized spacial score (nSPS) is 10.7. The molecule has 0 bridgehead atoms. The van der Waals surface area contributed by atoms with Crippen molar-refractivity contribution in [2.24, 2.45) is 5.92 Å². The van der Waals surface area contributed by atoms with Gasteiger partial charge in [0.15, 0.2) is 22.5 Å². The first-order chi connectivity index (χ1) is 12.2. The van der Waals surface area contributed by atoms with E-state index in [2.05, 4.69) is 34.1 Å². The molecule has 0 saturated heterocycles. The Labute approximate surface area is 157 Å². The van der Waals surface area contributed by atoms with E-state index in [1.165, 1.54) is 13.3 Å². The van der Waals surface area contributed by atoms with Gasteiger partial charge < -0.3 is 20.7 Å². The van der Waals surface area contributed by atoms with E-state index in [0.29, 0.717) is 23.3 Å². The number of carbonyl (C=O) groups excluding carboxylic acids is 1. The molecule has 8 nitrogen and oxygen atoms in total. The number of halogens is 1. The number of aryl methyl sites for hydroxylation is 1. The largest absolute Gasteiger partial charge is 0.481 e. The zero-order valence-electron chi connectivity index (χ0n) is 15.5. The molecule has 3 N–H and O–H groups in total. The Hall–Kier alpha value is -2.61. The predicted molar refractivity (Wildman–Crippen MR) is 103 cm³/mol. The van der Waals surface area contributed by atoms with Gasteiger partial charge in [0.2, 0.25) is 5.88 Å². The SMILES string of the molecule is COc1cc(C)c(NC(=O)c2nc(Cl)c(N(C)CC(C)C)nc2N)cn1. The molecule has 9 heteroatoms. The van der Waals surface area contributed by atoms with Crippen LogP contribution in [-0.2, 0) is 0 Å². The quantitative estimate of drug-likeness (QED) is 0.795. The van der Waals surface area contributed by atoms with E-state index < -0.39 is 5.91 Å². The minimum atomic E-state index is -0.509. The Morgan fingerprint density at radius 3 is 2.69 bits per heavy atom. The van der Waals surface area contributed by atoms with E-state index in [1.54, 1.807) is 6.07 Å². The molecule has 0 aromatic carbocycles. The van der Waals surface area contributed by atoms with Crippen LogP contribution < -0.4 is 20.7 Å². The molecule has 0 aliphatic carbocycles. The second-order valence-corrected chi connectivity index (χ2v) is 6.70. The highest BCUT2D eigenvalue weighted by atomic mass is 35.5. The Morgan fingerprint density at radius 2 is 2.12 bits per heavy atom. The van der Waals surface area contributed by atoms with Gasteiger partial charge in [-0.15, -0.1) is 0 Å². The molecule has 0 atom stereocenters. The Morgan fingerprint density at radius 1 is 1.42 bits per heavy atom. The summed E-state index contributed by atoms with van der Waals surface area (Å²) < 4.78 is 5.05. The first-order valence-corrected chi connectivity index (χ1v) is 8.46. The number of nitrogens with two attached hydrogens (primary N) is 1. The molecule has 26 heavy (non-hydrogen) atoms. The van der Waals surface area contributed by atoms with Crippen LogP contribution in [0.25, 0.3) is 0 Å². The summed E-state index contributed by atoms with van der Waals surface area (Å²) in [5.41, 5.74) is 7.22. The molecular weight excluding hydrogens is 356 g/mol. The second-order valence-electron chi connectivity index (χ2n) is 6.34. The molecule has 0 saturated carbocycles. The van der Waals surface area contributed by atoms with Gasteiger partial charge in [0.1, 0.15) is 0 Å². The van der Waals surface area contributed by atoms with E-state index >= 15 is 0 Å². The van der Waals surface area contributed by atoms with Crippen LogP contribution in [0.15, 0.2) is 12.3 Å². The van der Waals surface area contributed by atoms with Crippen LogP contribution in [0.3, 0.4) is 0 Å². The number of nitrogens with one attached hydrogen (secondary N) is 1. The molecule has 0 radical (unpaired) electrons. The summed E-state index contributed by atoms with van der Waals surface area (Å²) in [4.78, 5) is 26.8. The van der Waals surface area contributed by atoms with E-state index in [9.17, 15) is 4.79 Å². The maximum atomic E-state index is 12.5. The van der Waals surface area contributed by atoms with Crippen LogP contribution in [0.2, 0.25) is 5.15 Å². The van der Waals surface area contributed by atoms with Crippen molar-refractivity contribution in [3.8, 4) is 5.88 Å². The monoisotopic (exact) mass is 378 g/mol. The number of carbonyl (C=O) groups is 1. The smallest absolute Gasteiger partial charge is 0.278 e. The van der Waals surface area contributed by atoms with Crippen LogP contribution in [0.4, 0.5) is 17.3 Å². The Balaban J connectivity index is 2.25. The third-order valence-electron chi connectivity index (χ3n) is 3.62. The zero-order valence-corrected chi connectivity index (χ0v) is 16.3. The summed E-state index contributed by atoms with van der Waals surface area (Å²) in [5.74, 6) is 0.811. The molecule has 2 aromatic rings. The molecule has 0 aliphatic heterocycles.